The summed E-state index contributed by atoms with van der Waals surface area (Å²) in [5.41, 5.74) is 10.3. The Labute approximate surface area is 144 Å². The highest BCUT2D eigenvalue weighted by molar-refractivity contribution is 9.10. The van der Waals surface area contributed by atoms with Gasteiger partial charge in [-0.25, -0.2) is 0 Å². The molecule has 0 amide bonds. The molecule has 0 aliphatic carbocycles. The molecule has 0 saturated heterocycles. The topological polar surface area (TPSA) is 53.0 Å². The van der Waals surface area contributed by atoms with Crippen molar-refractivity contribution in [3.63, 3.8) is 0 Å². The Morgan fingerprint density at radius 2 is 2.00 bits per heavy atom. The molecule has 3 nitrogen and oxygen atoms in total. The van der Waals surface area contributed by atoms with Crippen LogP contribution in [0.3, 0.4) is 0 Å². The summed E-state index contributed by atoms with van der Waals surface area (Å²) in [6.07, 6.45) is 0. The molecule has 2 N–H and O–H groups in total. The number of nitrogen functional groups attached to an aromatic ring is 1. The first-order valence-electron chi connectivity index (χ1n) is 6.87. The number of halogens is 2. The molecule has 0 radical (unpaired) electrons. The zero-order chi connectivity index (χ0) is 16.3. The van der Waals surface area contributed by atoms with Gasteiger partial charge in [-0.15, -0.1) is 11.6 Å². The molecule has 2 aromatic carbocycles. The summed E-state index contributed by atoms with van der Waals surface area (Å²) in [4.78, 5) is 2.03. The van der Waals surface area contributed by atoms with Crippen LogP contribution < -0.4 is 10.6 Å². The van der Waals surface area contributed by atoms with E-state index in [1.165, 1.54) is 5.56 Å². The molecule has 2 aromatic rings. The van der Waals surface area contributed by atoms with E-state index in [0.717, 1.165) is 15.8 Å². The fourth-order valence-electron chi connectivity index (χ4n) is 2.38. The Balaban J connectivity index is 2.52. The summed E-state index contributed by atoms with van der Waals surface area (Å²) in [7, 11) is 1.96. The Morgan fingerprint density at radius 3 is 2.64 bits per heavy atom. The van der Waals surface area contributed by atoms with Gasteiger partial charge in [-0.3, -0.25) is 0 Å². The first-order chi connectivity index (χ1) is 10.5. The van der Waals surface area contributed by atoms with Gasteiger partial charge in [0.1, 0.15) is 6.07 Å². The fraction of sp³-hybridized carbons (Fsp3) is 0.235. The van der Waals surface area contributed by atoms with E-state index in [0.29, 0.717) is 17.1 Å². The molecule has 22 heavy (non-hydrogen) atoms. The van der Waals surface area contributed by atoms with E-state index in [2.05, 4.69) is 35.0 Å². The molecular formula is C17H17BrClN3. The minimum absolute atomic E-state index is 0.239. The molecule has 0 bridgehead atoms. The van der Waals surface area contributed by atoms with E-state index in [9.17, 15) is 0 Å². The molecule has 1 unspecified atom stereocenters. The number of alkyl halides is 1. The molecule has 2 rings (SSSR count). The third-order valence-corrected chi connectivity index (χ3v) is 4.78. The number of rotatable bonds is 4. The van der Waals surface area contributed by atoms with Crippen molar-refractivity contribution in [3.05, 3.63) is 52.0 Å². The summed E-state index contributed by atoms with van der Waals surface area (Å²) in [6.45, 7) is 2.09. The van der Waals surface area contributed by atoms with Crippen molar-refractivity contribution in [3.8, 4) is 6.07 Å². The van der Waals surface area contributed by atoms with Crippen LogP contribution in [0.5, 0.6) is 0 Å². The van der Waals surface area contributed by atoms with Crippen LogP contribution >= 0.6 is 27.5 Å². The predicted octanol–water partition coefficient (Wildman–Crippen LogP) is 5.01. The standard InChI is InChI=1S/C17H17BrClN3/c1-11(9-19)13-5-3-4-6-16(13)22(2)17-8-14(18)12(10-20)7-15(17)21/h3-8,11H,9,21H2,1-2H3. The van der Waals surface area contributed by atoms with Gasteiger partial charge in [0, 0.05) is 23.1 Å². The van der Waals surface area contributed by atoms with Gasteiger partial charge in [0.2, 0.25) is 0 Å². The molecule has 0 aliphatic rings. The van der Waals surface area contributed by atoms with E-state index in [1.54, 1.807) is 6.07 Å². The van der Waals surface area contributed by atoms with Crippen molar-refractivity contribution in [2.75, 3.05) is 23.6 Å². The summed E-state index contributed by atoms with van der Waals surface area (Å²) < 4.78 is 0.730. The summed E-state index contributed by atoms with van der Waals surface area (Å²) in [6, 6.07) is 13.8. The molecule has 1 atom stereocenters. The van der Waals surface area contributed by atoms with Crippen LogP contribution in [-0.2, 0) is 0 Å². The first kappa shape index (κ1) is 16.7. The largest absolute Gasteiger partial charge is 0.397 e. The molecule has 0 aromatic heterocycles. The normalized spacial score (nSPS) is 11.8. The predicted molar refractivity (Wildman–Crippen MR) is 96.9 cm³/mol. The van der Waals surface area contributed by atoms with Crippen LogP contribution in [0.4, 0.5) is 17.1 Å². The van der Waals surface area contributed by atoms with Crippen LogP contribution in [0.15, 0.2) is 40.9 Å². The van der Waals surface area contributed by atoms with Gasteiger partial charge in [-0.2, -0.15) is 5.26 Å². The maximum absolute atomic E-state index is 9.07. The molecule has 0 saturated carbocycles. The highest BCUT2D eigenvalue weighted by Gasteiger charge is 2.16. The van der Waals surface area contributed by atoms with E-state index in [1.807, 2.05) is 36.2 Å². The van der Waals surface area contributed by atoms with Gasteiger partial charge >= 0.3 is 0 Å². The minimum atomic E-state index is 0.239. The number of para-hydroxylation sites is 1. The van der Waals surface area contributed by atoms with Crippen molar-refractivity contribution in [2.24, 2.45) is 0 Å². The maximum atomic E-state index is 9.07. The van der Waals surface area contributed by atoms with Crippen LogP contribution in [0.25, 0.3) is 0 Å². The Morgan fingerprint density at radius 1 is 1.32 bits per heavy atom. The second-order valence-electron chi connectivity index (χ2n) is 5.18. The van der Waals surface area contributed by atoms with Crippen LogP contribution in [-0.4, -0.2) is 12.9 Å². The lowest BCUT2D eigenvalue weighted by molar-refractivity contribution is 0.870. The second-order valence-corrected chi connectivity index (χ2v) is 6.34. The van der Waals surface area contributed by atoms with Crippen molar-refractivity contribution in [1.82, 2.24) is 0 Å². The SMILES string of the molecule is CC(CCl)c1ccccc1N(C)c1cc(Br)c(C#N)cc1N. The number of nitrogens with two attached hydrogens (primary N) is 1. The zero-order valence-electron chi connectivity index (χ0n) is 12.5. The maximum Gasteiger partial charge on any atom is 0.100 e. The van der Waals surface area contributed by atoms with Crippen LogP contribution in [0.1, 0.15) is 24.0 Å². The lowest BCUT2D eigenvalue weighted by Crippen LogP contribution is -2.15. The van der Waals surface area contributed by atoms with E-state index in [-0.39, 0.29) is 5.92 Å². The minimum Gasteiger partial charge on any atom is -0.397 e. The Kier molecular flexibility index (Phi) is 5.33. The quantitative estimate of drug-likeness (QED) is 0.601. The lowest BCUT2D eigenvalue weighted by Gasteiger charge is -2.26. The van der Waals surface area contributed by atoms with Crippen molar-refractivity contribution < 1.29 is 0 Å². The van der Waals surface area contributed by atoms with E-state index >= 15 is 0 Å². The highest BCUT2D eigenvalue weighted by atomic mass is 79.9. The fourth-order valence-corrected chi connectivity index (χ4v) is 2.96. The van der Waals surface area contributed by atoms with Crippen LogP contribution in [0.2, 0.25) is 0 Å². The zero-order valence-corrected chi connectivity index (χ0v) is 14.8. The van der Waals surface area contributed by atoms with E-state index in [4.69, 9.17) is 22.6 Å². The number of hydrogen-bond acceptors (Lipinski definition) is 3. The third kappa shape index (κ3) is 3.21. The average Bonchev–Trinajstić information content (AvgIpc) is 2.55. The van der Waals surface area contributed by atoms with Gasteiger partial charge in [0.05, 0.1) is 16.9 Å². The smallest absolute Gasteiger partial charge is 0.100 e. The molecule has 5 heteroatoms. The first-order valence-corrected chi connectivity index (χ1v) is 8.20. The van der Waals surface area contributed by atoms with Gasteiger partial charge in [0.15, 0.2) is 0 Å². The number of nitriles is 1. The third-order valence-electron chi connectivity index (χ3n) is 3.66. The highest BCUT2D eigenvalue weighted by Crippen LogP contribution is 2.37. The van der Waals surface area contributed by atoms with Gasteiger partial charge < -0.3 is 10.6 Å². The number of nitrogens with zero attached hydrogens (tertiary/aromatic N) is 2. The molecule has 0 aliphatic heterocycles. The molecule has 114 valence electrons. The van der Waals surface area contributed by atoms with Gasteiger partial charge in [-0.1, -0.05) is 25.1 Å². The van der Waals surface area contributed by atoms with Crippen LogP contribution in [0, 0.1) is 11.3 Å². The monoisotopic (exact) mass is 377 g/mol. The summed E-state index contributed by atoms with van der Waals surface area (Å²) >= 11 is 9.44. The number of benzene rings is 2. The molecular weight excluding hydrogens is 362 g/mol. The number of hydrogen-bond donors (Lipinski definition) is 1. The molecule has 0 spiro atoms. The summed E-state index contributed by atoms with van der Waals surface area (Å²) in [5.74, 6) is 0.792. The number of anilines is 3. The van der Waals surface area contributed by atoms with Crippen molar-refractivity contribution >= 4 is 44.6 Å². The van der Waals surface area contributed by atoms with Gasteiger partial charge in [0.25, 0.3) is 0 Å². The molecule has 0 fully saturated rings. The molecule has 0 heterocycles. The van der Waals surface area contributed by atoms with Crippen molar-refractivity contribution in [2.45, 2.75) is 12.8 Å². The Hall–Kier alpha value is -1.70. The second kappa shape index (κ2) is 7.04. The lowest BCUT2D eigenvalue weighted by atomic mass is 10.00. The van der Waals surface area contributed by atoms with E-state index < -0.39 is 0 Å². The summed E-state index contributed by atoms with van der Waals surface area (Å²) in [5, 5.41) is 9.07. The average molecular weight is 379 g/mol. The van der Waals surface area contributed by atoms with Crippen molar-refractivity contribution in [1.29, 1.82) is 5.26 Å². The van der Waals surface area contributed by atoms with Gasteiger partial charge in [-0.05, 0) is 45.6 Å². The Bertz CT molecular complexity index is 724.